The van der Waals surface area contributed by atoms with Crippen LogP contribution in [0, 0.1) is 5.92 Å². The van der Waals surface area contributed by atoms with Gasteiger partial charge in [0.05, 0.1) is 30.7 Å². The lowest BCUT2D eigenvalue weighted by Crippen LogP contribution is -2.43. The van der Waals surface area contributed by atoms with Crippen molar-refractivity contribution in [2.24, 2.45) is 17.4 Å². The average Bonchev–Trinajstić information content (AvgIpc) is 3.55. The number of likely N-dealkylation sites (N-methyl/N-ethyl adjacent to an activating group) is 1. The van der Waals surface area contributed by atoms with Crippen LogP contribution >= 0.6 is 0 Å². The Morgan fingerprint density at radius 3 is 2.65 bits per heavy atom. The minimum atomic E-state index is -0.495. The normalized spacial score (nSPS) is 16.8. The Balaban J connectivity index is 1.65. The van der Waals surface area contributed by atoms with Gasteiger partial charge in [0.25, 0.3) is 5.91 Å². The molecule has 11 nitrogen and oxygen atoms in total. The first-order valence-electron chi connectivity index (χ1n) is 11.1. The molecule has 4 rings (SSSR count). The van der Waals surface area contributed by atoms with Crippen LogP contribution in [0.25, 0.3) is 11.1 Å². The van der Waals surface area contributed by atoms with Crippen LogP contribution in [0.1, 0.15) is 18.9 Å². The molecule has 34 heavy (non-hydrogen) atoms. The van der Waals surface area contributed by atoms with E-state index in [1.165, 1.54) is 13.1 Å². The number of aromatic nitrogens is 2. The molecule has 180 valence electrons. The molecule has 1 saturated carbocycles. The summed E-state index contributed by atoms with van der Waals surface area (Å²) in [5, 5.41) is 16.0. The maximum Gasteiger partial charge on any atom is 0.269 e. The first kappa shape index (κ1) is 23.2. The van der Waals surface area contributed by atoms with Gasteiger partial charge in [-0.1, -0.05) is 12.1 Å². The van der Waals surface area contributed by atoms with Crippen molar-refractivity contribution in [2.75, 3.05) is 32.6 Å². The van der Waals surface area contributed by atoms with Gasteiger partial charge in [0.1, 0.15) is 17.3 Å². The number of nitrogens with two attached hydrogens (primary N) is 2. The molecule has 1 saturated heterocycles. The predicted octanol–water partition coefficient (Wildman–Crippen LogP) is 0.358. The van der Waals surface area contributed by atoms with Crippen molar-refractivity contribution in [1.29, 1.82) is 0 Å². The number of anilines is 1. The van der Waals surface area contributed by atoms with Gasteiger partial charge in [-0.2, -0.15) is 5.10 Å². The summed E-state index contributed by atoms with van der Waals surface area (Å²) in [5.74, 6) is -0.0331. The molecular formula is C23H30N8O3. The van der Waals surface area contributed by atoms with Crippen molar-refractivity contribution in [1.82, 2.24) is 25.7 Å². The number of hydrogen-bond donors (Lipinski definition) is 6. The first-order valence-corrected chi connectivity index (χ1v) is 11.1. The standard InChI is InChI=1S/C23H30N8O3/c1-26-23(33)20(25)18(8-19(24)30-22(32)13-6-7-13)29-17-5-3-4-16(21(17)34-2)14-9-28-31(12-14)15-10-27-11-15/h3-5,8-9,12-13,15,27,29H,6-7,10-11,24-25H2,1-2H3,(H,26,33)(H,30,32)/b19-8+,20-18+. The zero-order valence-corrected chi connectivity index (χ0v) is 19.2. The van der Waals surface area contributed by atoms with Gasteiger partial charge < -0.3 is 37.5 Å². The molecule has 0 spiro atoms. The molecule has 11 heteroatoms. The van der Waals surface area contributed by atoms with Gasteiger partial charge in [0.2, 0.25) is 5.91 Å². The highest BCUT2D eigenvalue weighted by molar-refractivity contribution is 5.94. The summed E-state index contributed by atoms with van der Waals surface area (Å²) < 4.78 is 7.66. The number of methoxy groups -OCH3 is 1. The summed E-state index contributed by atoms with van der Waals surface area (Å²) in [6, 6.07) is 5.92. The van der Waals surface area contributed by atoms with E-state index >= 15 is 0 Å². The quantitative estimate of drug-likeness (QED) is 0.228. The van der Waals surface area contributed by atoms with E-state index < -0.39 is 5.91 Å². The van der Waals surface area contributed by atoms with E-state index in [9.17, 15) is 9.59 Å². The number of nitrogens with one attached hydrogen (secondary N) is 4. The van der Waals surface area contributed by atoms with Crippen LogP contribution in [-0.2, 0) is 9.59 Å². The van der Waals surface area contributed by atoms with Gasteiger partial charge >= 0.3 is 0 Å². The van der Waals surface area contributed by atoms with E-state index in [0.29, 0.717) is 17.5 Å². The van der Waals surface area contributed by atoms with Gasteiger partial charge in [-0.25, -0.2) is 0 Å². The number of rotatable bonds is 9. The lowest BCUT2D eigenvalue weighted by Gasteiger charge is -2.27. The monoisotopic (exact) mass is 466 g/mol. The van der Waals surface area contributed by atoms with Crippen molar-refractivity contribution >= 4 is 17.5 Å². The van der Waals surface area contributed by atoms with Crippen LogP contribution in [0.2, 0.25) is 0 Å². The third-order valence-electron chi connectivity index (χ3n) is 5.81. The lowest BCUT2D eigenvalue weighted by atomic mass is 10.1. The van der Waals surface area contributed by atoms with Crippen LogP contribution in [0.5, 0.6) is 5.75 Å². The van der Waals surface area contributed by atoms with Gasteiger partial charge in [-0.15, -0.1) is 0 Å². The second kappa shape index (κ2) is 9.87. The van der Waals surface area contributed by atoms with Crippen LogP contribution in [-0.4, -0.2) is 48.8 Å². The van der Waals surface area contributed by atoms with Gasteiger partial charge in [-0.3, -0.25) is 14.3 Å². The van der Waals surface area contributed by atoms with E-state index in [1.807, 2.05) is 23.0 Å². The number of nitrogens with zero attached hydrogens (tertiary/aromatic N) is 2. The third kappa shape index (κ3) is 4.99. The number of benzene rings is 1. The minimum absolute atomic E-state index is 0.0166. The largest absolute Gasteiger partial charge is 0.494 e. The SMILES string of the molecule is CNC(=O)/C(N)=C(/C=C(\N)NC(=O)C1CC1)Nc1cccc(-c2cnn(C3CNC3)c2)c1OC. The van der Waals surface area contributed by atoms with E-state index in [1.54, 1.807) is 19.4 Å². The minimum Gasteiger partial charge on any atom is -0.494 e. The molecule has 2 heterocycles. The number of ether oxygens (including phenoxy) is 1. The first-order chi connectivity index (χ1) is 16.4. The summed E-state index contributed by atoms with van der Waals surface area (Å²) in [7, 11) is 3.04. The van der Waals surface area contributed by atoms with Gasteiger partial charge in [-0.05, 0) is 18.9 Å². The number of carbonyl (C=O) groups is 2. The molecule has 2 amide bonds. The van der Waals surface area contributed by atoms with E-state index in [-0.39, 0.29) is 29.0 Å². The highest BCUT2D eigenvalue weighted by atomic mass is 16.5. The zero-order valence-electron chi connectivity index (χ0n) is 19.2. The van der Waals surface area contributed by atoms with Crippen LogP contribution in [0.15, 0.2) is 53.9 Å². The summed E-state index contributed by atoms with van der Waals surface area (Å²) in [6.45, 7) is 1.77. The number of hydrogen-bond acceptors (Lipinski definition) is 8. The predicted molar refractivity (Wildman–Crippen MR) is 128 cm³/mol. The smallest absolute Gasteiger partial charge is 0.269 e. The van der Waals surface area contributed by atoms with Gasteiger partial charge in [0, 0.05) is 49.5 Å². The lowest BCUT2D eigenvalue weighted by molar-refractivity contribution is -0.121. The molecule has 0 atom stereocenters. The molecule has 1 aliphatic heterocycles. The molecule has 0 radical (unpaired) electrons. The molecule has 1 aromatic carbocycles. The molecule has 2 fully saturated rings. The second-order valence-electron chi connectivity index (χ2n) is 8.30. The Hall–Kier alpha value is -3.99. The average molecular weight is 467 g/mol. The summed E-state index contributed by atoms with van der Waals surface area (Å²) in [5.41, 5.74) is 14.5. The number of amides is 2. The fourth-order valence-electron chi connectivity index (χ4n) is 3.58. The van der Waals surface area contributed by atoms with Crippen molar-refractivity contribution in [2.45, 2.75) is 18.9 Å². The summed E-state index contributed by atoms with van der Waals surface area (Å²) >= 11 is 0. The highest BCUT2D eigenvalue weighted by Gasteiger charge is 2.29. The zero-order chi connectivity index (χ0) is 24.2. The van der Waals surface area contributed by atoms with Crippen molar-refractivity contribution in [3.63, 3.8) is 0 Å². The Morgan fingerprint density at radius 2 is 2.03 bits per heavy atom. The Kier molecular flexibility index (Phi) is 6.73. The molecule has 0 unspecified atom stereocenters. The Morgan fingerprint density at radius 1 is 1.26 bits per heavy atom. The number of allylic oxidation sites excluding steroid dienone is 1. The fourth-order valence-corrected chi connectivity index (χ4v) is 3.58. The van der Waals surface area contributed by atoms with Crippen molar-refractivity contribution in [3.05, 3.63) is 53.9 Å². The highest BCUT2D eigenvalue weighted by Crippen LogP contribution is 2.37. The molecule has 8 N–H and O–H groups in total. The fraction of sp³-hybridized carbons (Fsp3) is 0.348. The summed E-state index contributed by atoms with van der Waals surface area (Å²) in [4.78, 5) is 24.4. The molecule has 1 aliphatic carbocycles. The van der Waals surface area contributed by atoms with Crippen molar-refractivity contribution in [3.8, 4) is 16.9 Å². The topological polar surface area (TPSA) is 161 Å². The maximum absolute atomic E-state index is 12.3. The van der Waals surface area contributed by atoms with E-state index in [2.05, 4.69) is 26.4 Å². The van der Waals surface area contributed by atoms with E-state index in [0.717, 1.165) is 37.1 Å². The summed E-state index contributed by atoms with van der Waals surface area (Å²) in [6.07, 6.45) is 6.89. The molecule has 0 bridgehead atoms. The Labute approximate surface area is 197 Å². The molecule has 2 aromatic rings. The van der Waals surface area contributed by atoms with Gasteiger partial charge in [0.15, 0.2) is 0 Å². The Bertz CT molecular complexity index is 1140. The molecule has 1 aromatic heterocycles. The van der Waals surface area contributed by atoms with Crippen LogP contribution in [0.4, 0.5) is 5.69 Å². The third-order valence-corrected chi connectivity index (χ3v) is 5.81. The van der Waals surface area contributed by atoms with Crippen LogP contribution in [0.3, 0.4) is 0 Å². The maximum atomic E-state index is 12.3. The van der Waals surface area contributed by atoms with Crippen LogP contribution < -0.4 is 37.5 Å². The van der Waals surface area contributed by atoms with Crippen molar-refractivity contribution < 1.29 is 14.3 Å². The molecule has 2 aliphatic rings. The number of carbonyl (C=O) groups excluding carboxylic acids is 2. The van der Waals surface area contributed by atoms with E-state index in [4.69, 9.17) is 16.2 Å². The molecular weight excluding hydrogens is 436 g/mol. The number of para-hydroxylation sites is 1. The second-order valence-corrected chi connectivity index (χ2v) is 8.30.